The highest BCUT2D eigenvalue weighted by molar-refractivity contribution is 7.89. The van der Waals surface area contributed by atoms with E-state index in [0.29, 0.717) is 53.7 Å². The first-order valence-electron chi connectivity index (χ1n) is 10.3. The van der Waals surface area contributed by atoms with Crippen molar-refractivity contribution in [2.75, 3.05) is 33.3 Å². The zero-order chi connectivity index (χ0) is 23.0. The average molecular weight is 477 g/mol. The monoisotopic (exact) mass is 476 g/mol. The van der Waals surface area contributed by atoms with Crippen LogP contribution in [0.1, 0.15) is 18.8 Å². The number of benzene rings is 2. The SMILES string of the molecule is COc1ccc(S(=O)(=O)N2CCN(C(C)c3nc4ccc(Cl)cc4c(=O)n3C)CC2)cc1. The number of methoxy groups -OCH3 is 1. The largest absolute Gasteiger partial charge is 0.497 e. The van der Waals surface area contributed by atoms with E-state index in [1.165, 1.54) is 4.31 Å². The van der Waals surface area contributed by atoms with Gasteiger partial charge in [0.15, 0.2) is 0 Å². The van der Waals surface area contributed by atoms with Gasteiger partial charge in [-0.1, -0.05) is 11.6 Å². The van der Waals surface area contributed by atoms with Crippen molar-refractivity contribution in [1.29, 1.82) is 0 Å². The van der Waals surface area contributed by atoms with Crippen LogP contribution in [0.25, 0.3) is 10.9 Å². The van der Waals surface area contributed by atoms with Crippen LogP contribution in [-0.4, -0.2) is 60.5 Å². The molecule has 2 aromatic carbocycles. The number of fused-ring (bicyclic) bond motifs is 1. The molecule has 0 radical (unpaired) electrons. The summed E-state index contributed by atoms with van der Waals surface area (Å²) in [4.78, 5) is 19.9. The standard InChI is InChI=1S/C22H25ClN4O4S/c1-15(21-24-20-9-4-16(23)14-19(20)22(28)25(21)2)26-10-12-27(13-11-26)32(29,30)18-7-5-17(31-3)6-8-18/h4-9,14-15H,10-13H2,1-3H3. The molecule has 0 aliphatic carbocycles. The molecule has 32 heavy (non-hydrogen) atoms. The number of piperazine rings is 1. The first-order valence-corrected chi connectivity index (χ1v) is 12.1. The van der Waals surface area contributed by atoms with E-state index in [4.69, 9.17) is 21.3 Å². The Morgan fingerprint density at radius 3 is 2.34 bits per heavy atom. The predicted molar refractivity (Wildman–Crippen MR) is 124 cm³/mol. The molecule has 1 saturated heterocycles. The second-order valence-corrected chi connectivity index (χ2v) is 10.2. The second-order valence-electron chi connectivity index (χ2n) is 7.79. The zero-order valence-corrected chi connectivity index (χ0v) is 19.7. The molecule has 1 aromatic heterocycles. The molecule has 1 aliphatic heterocycles. The van der Waals surface area contributed by atoms with Crippen LogP contribution in [0.15, 0.2) is 52.2 Å². The smallest absolute Gasteiger partial charge is 0.261 e. The number of nitrogens with zero attached hydrogens (tertiary/aromatic N) is 4. The van der Waals surface area contributed by atoms with E-state index in [1.807, 2.05) is 6.92 Å². The molecule has 1 atom stereocenters. The number of aromatic nitrogens is 2. The Bertz CT molecular complexity index is 1300. The minimum Gasteiger partial charge on any atom is -0.497 e. The number of hydrogen-bond acceptors (Lipinski definition) is 6. The van der Waals surface area contributed by atoms with Gasteiger partial charge >= 0.3 is 0 Å². The molecule has 1 unspecified atom stereocenters. The van der Waals surface area contributed by atoms with Crippen molar-refractivity contribution in [1.82, 2.24) is 18.8 Å². The lowest BCUT2D eigenvalue weighted by Crippen LogP contribution is -2.49. The topological polar surface area (TPSA) is 84.7 Å². The third-order valence-corrected chi connectivity index (χ3v) is 8.11. The summed E-state index contributed by atoms with van der Waals surface area (Å²) in [5.41, 5.74) is 0.445. The van der Waals surface area contributed by atoms with E-state index in [-0.39, 0.29) is 16.5 Å². The van der Waals surface area contributed by atoms with Crippen molar-refractivity contribution >= 4 is 32.5 Å². The summed E-state index contributed by atoms with van der Waals surface area (Å²) >= 11 is 6.03. The van der Waals surface area contributed by atoms with Crippen LogP contribution >= 0.6 is 11.6 Å². The normalized spacial score (nSPS) is 16.9. The summed E-state index contributed by atoms with van der Waals surface area (Å²) in [5, 5.41) is 0.970. The average Bonchev–Trinajstić information content (AvgIpc) is 2.81. The van der Waals surface area contributed by atoms with Gasteiger partial charge in [-0.05, 0) is 49.4 Å². The fraction of sp³-hybridized carbons (Fsp3) is 0.364. The molecule has 2 heterocycles. The van der Waals surface area contributed by atoms with Crippen molar-refractivity contribution in [2.45, 2.75) is 17.9 Å². The Kier molecular flexibility index (Phi) is 6.26. The van der Waals surface area contributed by atoms with E-state index in [2.05, 4.69) is 4.90 Å². The number of halogens is 1. The number of sulfonamides is 1. The molecule has 10 heteroatoms. The molecular weight excluding hydrogens is 452 g/mol. The molecule has 8 nitrogen and oxygen atoms in total. The molecule has 3 aromatic rings. The molecule has 0 N–H and O–H groups in total. The van der Waals surface area contributed by atoms with Gasteiger partial charge in [0.05, 0.1) is 29.0 Å². The van der Waals surface area contributed by atoms with Crippen molar-refractivity contribution in [3.8, 4) is 5.75 Å². The van der Waals surface area contributed by atoms with Gasteiger partial charge in [-0.25, -0.2) is 13.4 Å². The summed E-state index contributed by atoms with van der Waals surface area (Å²) in [6, 6.07) is 11.3. The molecular formula is C22H25ClN4O4S. The van der Waals surface area contributed by atoms with Crippen LogP contribution in [0.5, 0.6) is 5.75 Å². The summed E-state index contributed by atoms with van der Waals surface area (Å²) in [7, 11) is -0.340. The Labute approximate surface area is 192 Å². The first-order chi connectivity index (χ1) is 15.2. The van der Waals surface area contributed by atoms with Crippen LogP contribution in [0.3, 0.4) is 0 Å². The van der Waals surface area contributed by atoms with Crippen LogP contribution < -0.4 is 10.3 Å². The van der Waals surface area contributed by atoms with Gasteiger partial charge in [0.25, 0.3) is 5.56 Å². The summed E-state index contributed by atoms with van der Waals surface area (Å²) < 4.78 is 34.2. The molecule has 1 aliphatic rings. The van der Waals surface area contributed by atoms with Crippen molar-refractivity contribution in [2.24, 2.45) is 7.05 Å². The maximum atomic E-state index is 13.0. The molecule has 0 amide bonds. The van der Waals surface area contributed by atoms with E-state index in [0.717, 1.165) is 0 Å². The quantitative estimate of drug-likeness (QED) is 0.563. The number of rotatable bonds is 5. The highest BCUT2D eigenvalue weighted by Crippen LogP contribution is 2.25. The lowest BCUT2D eigenvalue weighted by atomic mass is 10.2. The maximum absolute atomic E-state index is 13.0. The van der Waals surface area contributed by atoms with Crippen LogP contribution in [0.2, 0.25) is 5.02 Å². The summed E-state index contributed by atoms with van der Waals surface area (Å²) in [6.45, 7) is 3.76. The van der Waals surface area contributed by atoms with E-state index in [1.54, 1.807) is 61.2 Å². The molecule has 0 spiro atoms. The van der Waals surface area contributed by atoms with Gasteiger partial charge in [-0.3, -0.25) is 14.3 Å². The summed E-state index contributed by atoms with van der Waals surface area (Å²) in [5.74, 6) is 1.25. The molecule has 0 bridgehead atoms. The van der Waals surface area contributed by atoms with Crippen molar-refractivity contribution < 1.29 is 13.2 Å². The number of hydrogen-bond donors (Lipinski definition) is 0. The van der Waals surface area contributed by atoms with Crippen LogP contribution in [0.4, 0.5) is 0 Å². The molecule has 4 rings (SSSR count). The Morgan fingerprint density at radius 2 is 1.72 bits per heavy atom. The maximum Gasteiger partial charge on any atom is 0.261 e. The molecule has 1 fully saturated rings. The Balaban J connectivity index is 1.52. The van der Waals surface area contributed by atoms with Crippen molar-refractivity contribution in [3.63, 3.8) is 0 Å². The Morgan fingerprint density at radius 1 is 1.06 bits per heavy atom. The fourth-order valence-corrected chi connectivity index (χ4v) is 5.62. The van der Waals surface area contributed by atoms with Gasteiger partial charge < -0.3 is 4.74 Å². The predicted octanol–water partition coefficient (Wildman–Crippen LogP) is 2.66. The lowest BCUT2D eigenvalue weighted by molar-refractivity contribution is 0.139. The van der Waals surface area contributed by atoms with Gasteiger partial charge in [0.2, 0.25) is 10.0 Å². The van der Waals surface area contributed by atoms with E-state index < -0.39 is 10.0 Å². The second kappa shape index (κ2) is 8.82. The molecule has 0 saturated carbocycles. The van der Waals surface area contributed by atoms with Crippen LogP contribution in [-0.2, 0) is 17.1 Å². The minimum absolute atomic E-state index is 0.153. The first kappa shape index (κ1) is 22.7. The van der Waals surface area contributed by atoms with E-state index in [9.17, 15) is 13.2 Å². The molecule has 170 valence electrons. The Hall–Kier alpha value is -2.46. The van der Waals surface area contributed by atoms with Gasteiger partial charge in [0.1, 0.15) is 11.6 Å². The van der Waals surface area contributed by atoms with Gasteiger partial charge in [0, 0.05) is 38.2 Å². The van der Waals surface area contributed by atoms with Crippen molar-refractivity contribution in [3.05, 3.63) is 63.7 Å². The third kappa shape index (κ3) is 4.13. The van der Waals surface area contributed by atoms with Crippen LogP contribution in [0, 0.1) is 0 Å². The summed E-state index contributed by atoms with van der Waals surface area (Å²) in [6.07, 6.45) is 0. The van der Waals surface area contributed by atoms with Gasteiger partial charge in [-0.15, -0.1) is 0 Å². The highest BCUT2D eigenvalue weighted by atomic mass is 35.5. The third-order valence-electron chi connectivity index (χ3n) is 5.96. The minimum atomic E-state index is -3.58. The highest BCUT2D eigenvalue weighted by Gasteiger charge is 2.31. The lowest BCUT2D eigenvalue weighted by Gasteiger charge is -2.37. The fourth-order valence-electron chi connectivity index (χ4n) is 4.03. The van der Waals surface area contributed by atoms with Gasteiger partial charge in [-0.2, -0.15) is 4.31 Å². The zero-order valence-electron chi connectivity index (χ0n) is 18.2. The van der Waals surface area contributed by atoms with E-state index >= 15 is 0 Å². The number of ether oxygens (including phenoxy) is 1.